The molecule has 0 spiro atoms. The summed E-state index contributed by atoms with van der Waals surface area (Å²) in [4.78, 5) is 23.1. The lowest BCUT2D eigenvalue weighted by atomic mass is 10.1. The molecule has 0 radical (unpaired) electrons. The van der Waals surface area contributed by atoms with Crippen molar-refractivity contribution in [2.45, 2.75) is 59.5 Å². The van der Waals surface area contributed by atoms with Crippen molar-refractivity contribution >= 4 is 81.9 Å². The number of carbonyl (C=O) groups is 2. The zero-order valence-electron chi connectivity index (χ0n) is 24.6. The van der Waals surface area contributed by atoms with E-state index in [4.69, 9.17) is 64.7 Å². The van der Waals surface area contributed by atoms with Crippen LogP contribution < -0.4 is 0 Å². The quantitative estimate of drug-likeness (QED) is 0.160. The zero-order valence-corrected chi connectivity index (χ0v) is 29.2. The van der Waals surface area contributed by atoms with Crippen LogP contribution in [0.5, 0.6) is 0 Å². The van der Waals surface area contributed by atoms with Gasteiger partial charge in [0.15, 0.2) is 0 Å². The molecule has 4 atom stereocenters. The maximum atomic E-state index is 11.6. The molecule has 6 rings (SSSR count). The molecule has 0 N–H and O–H groups in total. The van der Waals surface area contributed by atoms with Gasteiger partial charge in [0.25, 0.3) is 10.4 Å². The van der Waals surface area contributed by atoms with Gasteiger partial charge in [-0.05, 0) is 74.9 Å². The molecule has 0 aliphatic heterocycles. The Labute approximate surface area is 293 Å². The van der Waals surface area contributed by atoms with Crippen molar-refractivity contribution < 1.29 is 27.9 Å². The largest absolute Gasteiger partial charge is 0.469 e. The highest BCUT2D eigenvalue weighted by Crippen LogP contribution is 2.40. The van der Waals surface area contributed by atoms with Gasteiger partial charge in [0.1, 0.15) is 0 Å². The minimum Gasteiger partial charge on any atom is -0.469 e. The fraction of sp³-hybridized carbons (Fsp3) is 0.400. The average molecular weight is 747 g/mol. The van der Waals surface area contributed by atoms with E-state index >= 15 is 0 Å². The van der Waals surface area contributed by atoms with E-state index < -0.39 is 0 Å². The molecular formula is C30H28Cl4N4O6S2. The lowest BCUT2D eigenvalue weighted by molar-refractivity contribution is -0.146. The molecule has 2 aliphatic rings. The molecule has 10 nitrogen and oxygen atoms in total. The van der Waals surface area contributed by atoms with Crippen molar-refractivity contribution in [2.24, 2.45) is 11.8 Å². The molecule has 0 saturated heterocycles. The Balaban J connectivity index is 0.000000181. The number of hydrogen-bond donors (Lipinski definition) is 0. The number of carbonyl (C=O) groups excluding carboxylic acids is 2. The van der Waals surface area contributed by atoms with Crippen LogP contribution in [-0.4, -0.2) is 57.1 Å². The van der Waals surface area contributed by atoms with Crippen LogP contribution in [0.25, 0.3) is 22.9 Å². The second kappa shape index (κ2) is 16.1. The first kappa shape index (κ1) is 34.8. The summed E-state index contributed by atoms with van der Waals surface area (Å²) in [5.41, 5.74) is 1.29. The molecule has 0 bridgehead atoms. The maximum Gasteiger partial charge on any atom is 0.308 e. The Morgan fingerprint density at radius 3 is 1.46 bits per heavy atom. The normalized spacial score (nSPS) is 20.7. The zero-order chi connectivity index (χ0) is 32.8. The van der Waals surface area contributed by atoms with Crippen LogP contribution in [0.2, 0.25) is 20.1 Å². The molecule has 46 heavy (non-hydrogen) atoms. The topological polar surface area (TPSA) is 130 Å². The minimum absolute atomic E-state index is 0.0365. The van der Waals surface area contributed by atoms with E-state index in [1.807, 2.05) is 0 Å². The fourth-order valence-electron chi connectivity index (χ4n) is 5.20. The van der Waals surface area contributed by atoms with Gasteiger partial charge in [0, 0.05) is 20.5 Å². The third-order valence-corrected chi connectivity index (χ3v) is 10.9. The van der Waals surface area contributed by atoms with Crippen molar-refractivity contribution in [3.05, 3.63) is 56.5 Å². The van der Waals surface area contributed by atoms with Crippen LogP contribution in [0, 0.1) is 11.8 Å². The van der Waals surface area contributed by atoms with E-state index in [0.717, 1.165) is 38.5 Å². The highest BCUT2D eigenvalue weighted by Gasteiger charge is 2.33. The summed E-state index contributed by atoms with van der Waals surface area (Å²) >= 11 is 27.0. The van der Waals surface area contributed by atoms with Crippen molar-refractivity contribution in [1.82, 2.24) is 20.4 Å². The molecule has 4 aromatic rings. The van der Waals surface area contributed by atoms with Crippen LogP contribution in [0.1, 0.15) is 38.5 Å². The Kier molecular flexibility index (Phi) is 12.2. The first-order valence-corrected chi connectivity index (χ1v) is 17.5. The highest BCUT2D eigenvalue weighted by atomic mass is 35.5. The molecule has 2 saturated carbocycles. The molecule has 2 aromatic heterocycles. The van der Waals surface area contributed by atoms with Crippen LogP contribution >= 0.6 is 69.9 Å². The lowest BCUT2D eigenvalue weighted by Crippen LogP contribution is -2.13. The Morgan fingerprint density at radius 1 is 0.674 bits per heavy atom. The van der Waals surface area contributed by atoms with Gasteiger partial charge in [-0.3, -0.25) is 9.59 Å². The minimum atomic E-state index is -0.146. The van der Waals surface area contributed by atoms with Gasteiger partial charge in [-0.25, -0.2) is 0 Å². The Morgan fingerprint density at radius 2 is 1.09 bits per heavy atom. The highest BCUT2D eigenvalue weighted by molar-refractivity contribution is 7.99. The summed E-state index contributed by atoms with van der Waals surface area (Å²) < 4.78 is 20.9. The van der Waals surface area contributed by atoms with Crippen molar-refractivity contribution in [3.8, 4) is 22.9 Å². The average Bonchev–Trinajstić information content (AvgIpc) is 3.86. The third kappa shape index (κ3) is 8.90. The first-order chi connectivity index (χ1) is 22.1. The number of rotatable bonds is 8. The molecule has 2 heterocycles. The van der Waals surface area contributed by atoms with Crippen molar-refractivity contribution in [2.75, 3.05) is 14.2 Å². The Hall–Kier alpha value is -2.48. The number of aromatic nitrogens is 4. The van der Waals surface area contributed by atoms with E-state index in [0.29, 0.717) is 53.4 Å². The number of esters is 2. The maximum absolute atomic E-state index is 11.6. The molecule has 244 valence electrons. The SMILES string of the molecule is COC(=O)[C@H]1CC[C@@H](Sc2nnc(-c3ccc(Cl)cc3Cl)o2)C1.COC(=O)[C@H]1CC[C@H](Sc2nnc(-c3ccc(Cl)cc3Cl)o2)C1. The van der Waals surface area contributed by atoms with Gasteiger partial charge >= 0.3 is 11.9 Å². The van der Waals surface area contributed by atoms with E-state index in [1.54, 1.807) is 36.4 Å². The van der Waals surface area contributed by atoms with Gasteiger partial charge in [0.05, 0.1) is 47.2 Å². The molecular weight excluding hydrogens is 718 g/mol. The predicted molar refractivity (Wildman–Crippen MR) is 178 cm³/mol. The van der Waals surface area contributed by atoms with Gasteiger partial charge in [-0.1, -0.05) is 69.9 Å². The van der Waals surface area contributed by atoms with Gasteiger partial charge < -0.3 is 18.3 Å². The molecule has 0 amide bonds. The number of halogens is 4. The van der Waals surface area contributed by atoms with E-state index in [2.05, 4.69) is 20.4 Å². The summed E-state index contributed by atoms with van der Waals surface area (Å²) in [7, 11) is 2.84. The van der Waals surface area contributed by atoms with E-state index in [9.17, 15) is 9.59 Å². The van der Waals surface area contributed by atoms with Gasteiger partial charge in [-0.15, -0.1) is 20.4 Å². The van der Waals surface area contributed by atoms with Crippen molar-refractivity contribution in [1.29, 1.82) is 0 Å². The number of methoxy groups -OCH3 is 2. The van der Waals surface area contributed by atoms with Crippen LogP contribution in [0.4, 0.5) is 0 Å². The number of nitrogens with zero attached hydrogens (tertiary/aromatic N) is 4. The van der Waals surface area contributed by atoms with E-state index in [1.165, 1.54) is 37.7 Å². The summed E-state index contributed by atoms with van der Waals surface area (Å²) in [6, 6.07) is 10.2. The number of hydrogen-bond acceptors (Lipinski definition) is 12. The molecule has 2 aliphatic carbocycles. The Bertz CT molecular complexity index is 1570. The summed E-state index contributed by atoms with van der Waals surface area (Å²) in [6.45, 7) is 0. The number of ether oxygens (including phenoxy) is 2. The van der Waals surface area contributed by atoms with Gasteiger partial charge in [-0.2, -0.15) is 0 Å². The number of benzene rings is 2. The summed E-state index contributed by atoms with van der Waals surface area (Å²) in [6.07, 6.45) is 5.02. The second-order valence-electron chi connectivity index (χ2n) is 10.5. The van der Waals surface area contributed by atoms with Crippen LogP contribution in [-0.2, 0) is 19.1 Å². The van der Waals surface area contributed by atoms with Crippen molar-refractivity contribution in [3.63, 3.8) is 0 Å². The van der Waals surface area contributed by atoms with Crippen LogP contribution in [0.15, 0.2) is 55.7 Å². The standard InChI is InChI=1S/2C15H14Cl2N2O3S/c2*1-21-14(20)8-2-4-10(6-8)23-15-19-18-13(22-15)11-5-3-9(16)7-12(11)17/h2*3,5,7-8,10H,2,4,6H2,1H3/t8-,10+;8-,10-/m00/s1. The summed E-state index contributed by atoms with van der Waals surface area (Å²) in [5, 5.41) is 19.7. The monoisotopic (exact) mass is 744 g/mol. The smallest absolute Gasteiger partial charge is 0.308 e. The summed E-state index contributed by atoms with van der Waals surface area (Å²) in [5.74, 6) is 0.351. The molecule has 2 fully saturated rings. The molecule has 2 aromatic carbocycles. The third-order valence-electron chi connectivity index (χ3n) is 7.51. The molecule has 16 heteroatoms. The van der Waals surface area contributed by atoms with E-state index in [-0.39, 0.29) is 34.3 Å². The van der Waals surface area contributed by atoms with Gasteiger partial charge in [0.2, 0.25) is 11.8 Å². The fourth-order valence-corrected chi connectivity index (χ4v) is 8.34. The first-order valence-electron chi connectivity index (χ1n) is 14.2. The molecule has 0 unspecified atom stereocenters. The van der Waals surface area contributed by atoms with Crippen LogP contribution in [0.3, 0.4) is 0 Å². The lowest BCUT2D eigenvalue weighted by Gasteiger charge is -2.07. The number of thioether (sulfide) groups is 2. The predicted octanol–water partition coefficient (Wildman–Crippen LogP) is 8.95. The second-order valence-corrected chi connectivity index (χ2v) is 14.7.